The lowest BCUT2D eigenvalue weighted by Gasteiger charge is -2.09. The minimum Gasteiger partial charge on any atom is -0.271 e. The molecule has 0 aromatic carbocycles. The smallest absolute Gasteiger partial charge is 0.0736 e. The van der Waals surface area contributed by atoms with Gasteiger partial charge in [0.2, 0.25) is 0 Å². The van der Waals surface area contributed by atoms with Crippen LogP contribution in [-0.4, -0.2) is 5.75 Å². The van der Waals surface area contributed by atoms with Gasteiger partial charge in [-0.25, -0.2) is 5.43 Å². The molecule has 2 heterocycles. The average molecular weight is 254 g/mol. The van der Waals surface area contributed by atoms with Gasteiger partial charge in [-0.05, 0) is 37.7 Å². The number of rotatable bonds is 3. The number of fused-ring (bicyclic) bond motifs is 1. The van der Waals surface area contributed by atoms with Crippen molar-refractivity contribution in [1.82, 2.24) is 5.43 Å². The first-order valence-electron chi connectivity index (χ1n) is 5.51. The lowest BCUT2D eigenvalue weighted by Crippen LogP contribution is -2.26. The zero-order valence-electron chi connectivity index (χ0n) is 9.75. The molecule has 2 rings (SSSR count). The normalized spacial score (nSPS) is 16.7. The number of thiophene rings is 1. The van der Waals surface area contributed by atoms with E-state index in [9.17, 15) is 0 Å². The molecule has 1 aromatic heterocycles. The van der Waals surface area contributed by atoms with Crippen molar-refractivity contribution < 1.29 is 0 Å². The maximum absolute atomic E-state index is 5.62. The van der Waals surface area contributed by atoms with Crippen LogP contribution in [0, 0.1) is 0 Å². The molecule has 0 amide bonds. The molecule has 1 aromatic rings. The molecule has 4 heteroatoms. The number of nitrogens with two attached hydrogens (primary N) is 1. The average Bonchev–Trinajstić information content (AvgIpc) is 2.68. The van der Waals surface area contributed by atoms with Gasteiger partial charge in [-0.3, -0.25) is 5.84 Å². The van der Waals surface area contributed by atoms with Crippen LogP contribution in [0.4, 0.5) is 0 Å². The Morgan fingerprint density at radius 1 is 1.56 bits per heavy atom. The monoisotopic (exact) mass is 254 g/mol. The van der Waals surface area contributed by atoms with Crippen LogP contribution in [0.5, 0.6) is 0 Å². The summed E-state index contributed by atoms with van der Waals surface area (Å²) < 4.78 is 0. The van der Waals surface area contributed by atoms with Crippen LogP contribution < -0.4 is 11.3 Å². The van der Waals surface area contributed by atoms with Crippen LogP contribution in [0.2, 0.25) is 0 Å². The van der Waals surface area contributed by atoms with Crippen molar-refractivity contribution in [1.29, 1.82) is 0 Å². The standard InChI is InChI=1S/C12H18N2S2/c1-8(2)5-10(14-13)12-6-9-7-15-4-3-11(9)16-12/h5-6,10,14H,3-4,7,13H2,1-2H3. The Hall–Kier alpha value is -0.290. The third-order valence-corrected chi connectivity index (χ3v) is 4.96. The predicted molar refractivity (Wildman–Crippen MR) is 73.7 cm³/mol. The molecule has 1 aliphatic heterocycles. The molecule has 2 nitrogen and oxygen atoms in total. The maximum Gasteiger partial charge on any atom is 0.0736 e. The molecule has 16 heavy (non-hydrogen) atoms. The van der Waals surface area contributed by atoms with Crippen LogP contribution in [0.15, 0.2) is 17.7 Å². The van der Waals surface area contributed by atoms with Crippen molar-refractivity contribution in [2.45, 2.75) is 32.1 Å². The molecule has 1 aliphatic rings. The zero-order valence-corrected chi connectivity index (χ0v) is 11.4. The van der Waals surface area contributed by atoms with Gasteiger partial charge in [0.25, 0.3) is 0 Å². The topological polar surface area (TPSA) is 38.0 Å². The number of aryl methyl sites for hydroxylation is 1. The van der Waals surface area contributed by atoms with Crippen LogP contribution in [0.3, 0.4) is 0 Å². The molecule has 0 bridgehead atoms. The second-order valence-electron chi connectivity index (χ2n) is 4.29. The first kappa shape index (κ1) is 12.2. The van der Waals surface area contributed by atoms with E-state index < -0.39 is 0 Å². The van der Waals surface area contributed by atoms with Crippen molar-refractivity contribution in [2.75, 3.05) is 5.75 Å². The van der Waals surface area contributed by atoms with E-state index in [1.807, 2.05) is 23.1 Å². The highest BCUT2D eigenvalue weighted by atomic mass is 32.2. The molecule has 0 aliphatic carbocycles. The number of thioether (sulfide) groups is 1. The molecular weight excluding hydrogens is 236 g/mol. The summed E-state index contributed by atoms with van der Waals surface area (Å²) in [6, 6.07) is 2.49. The number of hydrogen-bond donors (Lipinski definition) is 2. The van der Waals surface area contributed by atoms with Crippen molar-refractivity contribution in [3.05, 3.63) is 33.0 Å². The highest BCUT2D eigenvalue weighted by molar-refractivity contribution is 7.98. The highest BCUT2D eigenvalue weighted by Crippen LogP contribution is 2.34. The number of hydrazine groups is 1. The fourth-order valence-corrected chi connectivity index (χ4v) is 4.28. The maximum atomic E-state index is 5.62. The van der Waals surface area contributed by atoms with E-state index in [4.69, 9.17) is 5.84 Å². The van der Waals surface area contributed by atoms with Gasteiger partial charge in [-0.1, -0.05) is 11.6 Å². The van der Waals surface area contributed by atoms with Gasteiger partial charge in [0.15, 0.2) is 0 Å². The first-order chi connectivity index (χ1) is 7.70. The Morgan fingerprint density at radius 2 is 2.38 bits per heavy atom. The van der Waals surface area contributed by atoms with Crippen LogP contribution in [0.25, 0.3) is 0 Å². The van der Waals surface area contributed by atoms with Gasteiger partial charge in [-0.2, -0.15) is 11.8 Å². The number of allylic oxidation sites excluding steroid dienone is 1. The molecule has 0 saturated heterocycles. The first-order valence-corrected chi connectivity index (χ1v) is 7.48. The minimum atomic E-state index is 0.172. The van der Waals surface area contributed by atoms with E-state index in [0.29, 0.717) is 0 Å². The molecule has 88 valence electrons. The van der Waals surface area contributed by atoms with E-state index in [1.54, 1.807) is 4.88 Å². The predicted octanol–water partition coefficient (Wildman–Crippen LogP) is 3.01. The third kappa shape index (κ3) is 2.69. The summed E-state index contributed by atoms with van der Waals surface area (Å²) >= 11 is 3.93. The summed E-state index contributed by atoms with van der Waals surface area (Å²) in [7, 11) is 0. The lowest BCUT2D eigenvalue weighted by molar-refractivity contribution is 0.661. The molecule has 0 saturated carbocycles. The van der Waals surface area contributed by atoms with Crippen LogP contribution >= 0.6 is 23.1 Å². The Labute approximate surface area is 105 Å². The molecule has 1 atom stereocenters. The quantitative estimate of drug-likeness (QED) is 0.495. The molecule has 0 spiro atoms. The Balaban J connectivity index is 2.25. The largest absolute Gasteiger partial charge is 0.271 e. The van der Waals surface area contributed by atoms with Crippen molar-refractivity contribution in [3.63, 3.8) is 0 Å². The summed E-state index contributed by atoms with van der Waals surface area (Å²) in [4.78, 5) is 2.90. The van der Waals surface area contributed by atoms with Crippen molar-refractivity contribution in [3.8, 4) is 0 Å². The van der Waals surface area contributed by atoms with E-state index in [0.717, 1.165) is 5.75 Å². The van der Waals surface area contributed by atoms with Gasteiger partial charge in [0.1, 0.15) is 0 Å². The van der Waals surface area contributed by atoms with E-state index in [-0.39, 0.29) is 6.04 Å². The minimum absolute atomic E-state index is 0.172. The molecular formula is C12H18N2S2. The van der Waals surface area contributed by atoms with E-state index in [1.165, 1.54) is 28.2 Å². The van der Waals surface area contributed by atoms with Crippen LogP contribution in [-0.2, 0) is 12.2 Å². The molecule has 0 fully saturated rings. The summed E-state index contributed by atoms with van der Waals surface area (Å²) in [6.45, 7) is 4.21. The molecule has 3 N–H and O–H groups in total. The number of nitrogens with one attached hydrogen (secondary N) is 1. The van der Waals surface area contributed by atoms with Gasteiger partial charge >= 0.3 is 0 Å². The summed E-state index contributed by atoms with van der Waals surface area (Å²) in [5.41, 5.74) is 5.69. The van der Waals surface area contributed by atoms with Gasteiger partial charge in [0.05, 0.1) is 6.04 Å². The summed E-state index contributed by atoms with van der Waals surface area (Å²) in [5, 5.41) is 0. The van der Waals surface area contributed by atoms with Gasteiger partial charge < -0.3 is 0 Å². The fourth-order valence-electron chi connectivity index (χ4n) is 1.87. The van der Waals surface area contributed by atoms with Crippen LogP contribution in [0.1, 0.15) is 35.2 Å². The third-order valence-electron chi connectivity index (χ3n) is 2.63. The Bertz CT molecular complexity index is 368. The molecule has 1 unspecified atom stereocenters. The summed E-state index contributed by atoms with van der Waals surface area (Å²) in [6.07, 6.45) is 3.40. The zero-order chi connectivity index (χ0) is 11.5. The summed E-state index contributed by atoms with van der Waals surface area (Å²) in [5.74, 6) is 8.04. The van der Waals surface area contributed by atoms with Crippen molar-refractivity contribution in [2.24, 2.45) is 5.84 Å². The Morgan fingerprint density at radius 3 is 3.00 bits per heavy atom. The van der Waals surface area contributed by atoms with Crippen molar-refractivity contribution >= 4 is 23.1 Å². The fraction of sp³-hybridized carbons (Fsp3) is 0.500. The SMILES string of the molecule is CC(C)=CC(NN)c1cc2c(s1)CCSC2. The molecule has 0 radical (unpaired) electrons. The number of hydrogen-bond acceptors (Lipinski definition) is 4. The van der Waals surface area contributed by atoms with Gasteiger partial charge in [0, 0.05) is 15.5 Å². The lowest BCUT2D eigenvalue weighted by atomic mass is 10.1. The van der Waals surface area contributed by atoms with E-state index in [2.05, 4.69) is 31.4 Å². The highest BCUT2D eigenvalue weighted by Gasteiger charge is 2.17. The second-order valence-corrected chi connectivity index (χ2v) is 6.56. The second kappa shape index (κ2) is 5.36. The van der Waals surface area contributed by atoms with E-state index >= 15 is 0 Å². The van der Waals surface area contributed by atoms with Gasteiger partial charge in [-0.15, -0.1) is 11.3 Å². The Kier molecular flexibility index (Phi) is 4.08.